The van der Waals surface area contributed by atoms with Crippen LogP contribution in [0.5, 0.6) is 0 Å². The lowest BCUT2D eigenvalue weighted by atomic mass is 9.79. The number of hydrogen-bond donors (Lipinski definition) is 2. The molecular weight excluding hydrogens is 214 g/mol. The fraction of sp³-hybridized carbons (Fsp3) is 0.429. The van der Waals surface area contributed by atoms with Gasteiger partial charge in [-0.05, 0) is 37.1 Å². The van der Waals surface area contributed by atoms with E-state index in [0.29, 0.717) is 13.2 Å². The number of nitrogens with one attached hydrogen (secondary N) is 1. The van der Waals surface area contributed by atoms with E-state index >= 15 is 0 Å². The van der Waals surface area contributed by atoms with E-state index in [2.05, 4.69) is 37.0 Å². The molecular formula is C14H17NO2. The van der Waals surface area contributed by atoms with Crippen LogP contribution in [0.4, 0.5) is 0 Å². The Morgan fingerprint density at radius 1 is 1.35 bits per heavy atom. The summed E-state index contributed by atoms with van der Waals surface area (Å²) in [6.07, 6.45) is 0. The summed E-state index contributed by atoms with van der Waals surface area (Å²) in [6.45, 7) is 5.61. The SMILES string of the molecule is Cc1[nH]c2ccc(C3(CO)COC3)cc2c1C. The Labute approximate surface area is 100 Å². The third kappa shape index (κ3) is 1.43. The van der Waals surface area contributed by atoms with Crippen LogP contribution in [-0.2, 0) is 10.2 Å². The van der Waals surface area contributed by atoms with Gasteiger partial charge < -0.3 is 14.8 Å². The number of rotatable bonds is 2. The van der Waals surface area contributed by atoms with Crippen LogP contribution in [0, 0.1) is 13.8 Å². The number of benzene rings is 1. The largest absolute Gasteiger partial charge is 0.395 e. The Bertz CT molecular complexity index is 561. The van der Waals surface area contributed by atoms with E-state index in [4.69, 9.17) is 4.74 Å². The van der Waals surface area contributed by atoms with E-state index in [1.807, 2.05) is 0 Å². The lowest BCUT2D eigenvalue weighted by Gasteiger charge is -2.40. The molecule has 0 radical (unpaired) electrons. The molecule has 1 aliphatic rings. The molecule has 0 amide bonds. The average molecular weight is 231 g/mol. The number of aromatic amines is 1. The molecule has 1 aromatic heterocycles. The zero-order valence-corrected chi connectivity index (χ0v) is 10.2. The van der Waals surface area contributed by atoms with Gasteiger partial charge in [0.1, 0.15) is 0 Å². The van der Waals surface area contributed by atoms with Crippen molar-refractivity contribution < 1.29 is 9.84 Å². The quantitative estimate of drug-likeness (QED) is 0.830. The normalized spacial score (nSPS) is 18.3. The monoisotopic (exact) mass is 231 g/mol. The van der Waals surface area contributed by atoms with E-state index in [1.54, 1.807) is 0 Å². The molecule has 3 nitrogen and oxygen atoms in total. The Balaban J connectivity index is 2.15. The Hall–Kier alpha value is -1.32. The molecule has 2 aromatic rings. The van der Waals surface area contributed by atoms with Gasteiger partial charge in [0.15, 0.2) is 0 Å². The second-order valence-electron chi connectivity index (χ2n) is 5.07. The maximum atomic E-state index is 9.55. The highest BCUT2D eigenvalue weighted by molar-refractivity contribution is 5.85. The van der Waals surface area contributed by atoms with Crippen molar-refractivity contribution in [3.63, 3.8) is 0 Å². The number of aliphatic hydroxyl groups excluding tert-OH is 1. The van der Waals surface area contributed by atoms with E-state index in [9.17, 15) is 5.11 Å². The summed E-state index contributed by atoms with van der Waals surface area (Å²) in [7, 11) is 0. The summed E-state index contributed by atoms with van der Waals surface area (Å²) in [4.78, 5) is 3.37. The second kappa shape index (κ2) is 3.59. The molecule has 0 unspecified atom stereocenters. The molecule has 0 atom stereocenters. The van der Waals surface area contributed by atoms with Crippen LogP contribution in [0.15, 0.2) is 18.2 Å². The predicted molar refractivity (Wildman–Crippen MR) is 67.4 cm³/mol. The third-order valence-corrected chi connectivity index (χ3v) is 3.98. The Morgan fingerprint density at radius 2 is 2.12 bits per heavy atom. The molecule has 3 rings (SSSR count). The van der Waals surface area contributed by atoms with Gasteiger partial charge in [0.05, 0.1) is 25.2 Å². The van der Waals surface area contributed by atoms with Gasteiger partial charge in [0, 0.05) is 16.6 Å². The molecule has 1 aromatic carbocycles. The van der Waals surface area contributed by atoms with Crippen molar-refractivity contribution in [3.8, 4) is 0 Å². The average Bonchev–Trinajstić information content (AvgIpc) is 2.55. The molecule has 0 aliphatic carbocycles. The molecule has 90 valence electrons. The molecule has 17 heavy (non-hydrogen) atoms. The first-order valence-electron chi connectivity index (χ1n) is 5.94. The van der Waals surface area contributed by atoms with E-state index < -0.39 is 0 Å². The highest BCUT2D eigenvalue weighted by Crippen LogP contribution is 2.34. The number of aromatic nitrogens is 1. The van der Waals surface area contributed by atoms with Gasteiger partial charge in [-0.1, -0.05) is 6.07 Å². The number of H-pyrrole nitrogens is 1. The molecule has 0 bridgehead atoms. The molecule has 1 fully saturated rings. The number of fused-ring (bicyclic) bond motifs is 1. The Morgan fingerprint density at radius 3 is 2.71 bits per heavy atom. The van der Waals surface area contributed by atoms with Crippen LogP contribution in [0.2, 0.25) is 0 Å². The summed E-state index contributed by atoms with van der Waals surface area (Å²) in [5.41, 5.74) is 4.67. The molecule has 2 N–H and O–H groups in total. The number of aryl methyl sites for hydroxylation is 2. The van der Waals surface area contributed by atoms with Crippen LogP contribution < -0.4 is 0 Å². The molecule has 0 saturated carbocycles. The van der Waals surface area contributed by atoms with Gasteiger partial charge in [0.25, 0.3) is 0 Å². The molecule has 2 heterocycles. The first-order chi connectivity index (χ1) is 8.16. The lowest BCUT2D eigenvalue weighted by molar-refractivity contribution is -0.0841. The third-order valence-electron chi connectivity index (χ3n) is 3.98. The topological polar surface area (TPSA) is 45.2 Å². The van der Waals surface area contributed by atoms with Crippen LogP contribution in [-0.4, -0.2) is 29.9 Å². The highest BCUT2D eigenvalue weighted by Gasteiger charge is 2.39. The van der Waals surface area contributed by atoms with E-state index in [0.717, 1.165) is 5.52 Å². The van der Waals surface area contributed by atoms with Crippen molar-refractivity contribution in [1.29, 1.82) is 0 Å². The van der Waals surface area contributed by atoms with Crippen molar-refractivity contribution in [2.75, 3.05) is 19.8 Å². The smallest absolute Gasteiger partial charge is 0.0651 e. The van der Waals surface area contributed by atoms with Gasteiger partial charge >= 0.3 is 0 Å². The zero-order valence-electron chi connectivity index (χ0n) is 10.2. The second-order valence-corrected chi connectivity index (χ2v) is 5.07. The van der Waals surface area contributed by atoms with E-state index in [1.165, 1.54) is 22.2 Å². The minimum absolute atomic E-state index is 0.154. The first kappa shape index (κ1) is 10.8. The summed E-state index contributed by atoms with van der Waals surface area (Å²) < 4.78 is 5.26. The highest BCUT2D eigenvalue weighted by atomic mass is 16.5. The molecule has 3 heteroatoms. The van der Waals surface area contributed by atoms with Crippen molar-refractivity contribution in [2.45, 2.75) is 19.3 Å². The molecule has 0 spiro atoms. The maximum Gasteiger partial charge on any atom is 0.0651 e. The van der Waals surface area contributed by atoms with Gasteiger partial charge in [-0.15, -0.1) is 0 Å². The number of hydrogen-bond acceptors (Lipinski definition) is 2. The summed E-state index contributed by atoms with van der Waals surface area (Å²) in [5.74, 6) is 0. The number of aliphatic hydroxyl groups is 1. The van der Waals surface area contributed by atoms with Crippen LogP contribution in [0.1, 0.15) is 16.8 Å². The zero-order chi connectivity index (χ0) is 12.0. The summed E-state index contributed by atoms with van der Waals surface area (Å²) >= 11 is 0. The standard InChI is InChI=1S/C14H17NO2/c1-9-10(2)15-13-4-3-11(5-12(9)13)14(6-16)7-17-8-14/h3-5,15-16H,6-8H2,1-2H3. The van der Waals surface area contributed by atoms with Gasteiger partial charge in [-0.3, -0.25) is 0 Å². The maximum absolute atomic E-state index is 9.55. The minimum atomic E-state index is -0.175. The molecule has 1 saturated heterocycles. The van der Waals surface area contributed by atoms with Crippen LogP contribution in [0.25, 0.3) is 10.9 Å². The van der Waals surface area contributed by atoms with Crippen molar-refractivity contribution in [1.82, 2.24) is 4.98 Å². The lowest BCUT2D eigenvalue weighted by Crippen LogP contribution is -2.49. The van der Waals surface area contributed by atoms with Gasteiger partial charge in [0.2, 0.25) is 0 Å². The minimum Gasteiger partial charge on any atom is -0.395 e. The Kier molecular flexibility index (Phi) is 2.28. The van der Waals surface area contributed by atoms with E-state index in [-0.39, 0.29) is 12.0 Å². The summed E-state index contributed by atoms with van der Waals surface area (Å²) in [5, 5.41) is 10.8. The van der Waals surface area contributed by atoms with Crippen LogP contribution >= 0.6 is 0 Å². The van der Waals surface area contributed by atoms with Crippen molar-refractivity contribution >= 4 is 10.9 Å². The van der Waals surface area contributed by atoms with Crippen LogP contribution in [0.3, 0.4) is 0 Å². The summed E-state index contributed by atoms with van der Waals surface area (Å²) in [6, 6.07) is 6.38. The predicted octanol–water partition coefficient (Wildman–Crippen LogP) is 2.05. The van der Waals surface area contributed by atoms with Gasteiger partial charge in [-0.2, -0.15) is 0 Å². The van der Waals surface area contributed by atoms with Crippen molar-refractivity contribution in [2.24, 2.45) is 0 Å². The first-order valence-corrected chi connectivity index (χ1v) is 5.94. The fourth-order valence-corrected chi connectivity index (χ4v) is 2.49. The van der Waals surface area contributed by atoms with Gasteiger partial charge in [-0.25, -0.2) is 0 Å². The fourth-order valence-electron chi connectivity index (χ4n) is 2.49. The van der Waals surface area contributed by atoms with Crippen molar-refractivity contribution in [3.05, 3.63) is 35.0 Å². The number of ether oxygens (including phenoxy) is 1. The molecule has 1 aliphatic heterocycles.